The second-order valence-electron chi connectivity index (χ2n) is 8.28. The first kappa shape index (κ1) is 20.3. The van der Waals surface area contributed by atoms with Crippen LogP contribution < -0.4 is 4.90 Å². The number of benzene rings is 1. The molecule has 2 aromatic rings. The van der Waals surface area contributed by atoms with Gasteiger partial charge < -0.3 is 10.0 Å². The second-order valence-corrected chi connectivity index (χ2v) is 8.28. The first-order valence-electron chi connectivity index (χ1n) is 11.1. The average Bonchev–Trinajstić information content (AvgIpc) is 2.73. The summed E-state index contributed by atoms with van der Waals surface area (Å²) in [5.74, 6) is 0.871. The minimum Gasteiger partial charge on any atom is -0.396 e. The van der Waals surface area contributed by atoms with Crippen LogP contribution in [-0.2, 0) is 12.8 Å². The zero-order valence-electron chi connectivity index (χ0n) is 17.2. The lowest BCUT2D eigenvalue weighted by Crippen LogP contribution is -2.47. The Morgan fingerprint density at radius 1 is 0.931 bits per heavy atom. The molecule has 0 unspecified atom stereocenters. The maximum absolute atomic E-state index is 13.5. The molecule has 1 aliphatic heterocycles. The number of piperazine rings is 1. The maximum atomic E-state index is 13.5. The summed E-state index contributed by atoms with van der Waals surface area (Å²) in [6, 6.07) is 9.16. The highest BCUT2D eigenvalue weighted by Crippen LogP contribution is 2.33. The van der Waals surface area contributed by atoms with Crippen LogP contribution in [0.3, 0.4) is 0 Å². The highest BCUT2D eigenvalue weighted by atomic mass is 19.1. The third-order valence-corrected chi connectivity index (χ3v) is 6.27. The van der Waals surface area contributed by atoms with Crippen LogP contribution in [0.5, 0.6) is 0 Å². The lowest BCUT2D eigenvalue weighted by atomic mass is 9.90. The van der Waals surface area contributed by atoms with E-state index in [9.17, 15) is 4.39 Å². The highest BCUT2D eigenvalue weighted by molar-refractivity contribution is 5.72. The summed E-state index contributed by atoms with van der Waals surface area (Å²) >= 11 is 0. The number of hydrogen-bond acceptors (Lipinski definition) is 4. The van der Waals surface area contributed by atoms with Crippen LogP contribution in [0.2, 0.25) is 0 Å². The SMILES string of the molecule is OCCCN1CCN(c2cc(-c3ccc(F)cc3)c3c(n2)CCCCCC3)CC1. The van der Waals surface area contributed by atoms with Crippen LogP contribution in [0.25, 0.3) is 11.1 Å². The molecule has 4 rings (SSSR count). The lowest BCUT2D eigenvalue weighted by Gasteiger charge is -2.36. The number of hydrogen-bond donors (Lipinski definition) is 1. The maximum Gasteiger partial charge on any atom is 0.129 e. The molecule has 1 saturated heterocycles. The van der Waals surface area contributed by atoms with Gasteiger partial charge in [0.05, 0.1) is 0 Å². The number of fused-ring (bicyclic) bond motifs is 1. The number of aliphatic hydroxyl groups is 1. The first-order valence-corrected chi connectivity index (χ1v) is 11.1. The van der Waals surface area contributed by atoms with Crippen molar-refractivity contribution in [2.24, 2.45) is 0 Å². The quantitative estimate of drug-likeness (QED) is 0.826. The van der Waals surface area contributed by atoms with Gasteiger partial charge in [-0.05, 0) is 67.0 Å². The zero-order chi connectivity index (χ0) is 20.1. The van der Waals surface area contributed by atoms with Gasteiger partial charge in [-0.25, -0.2) is 9.37 Å². The van der Waals surface area contributed by atoms with Gasteiger partial charge >= 0.3 is 0 Å². The number of aromatic nitrogens is 1. The Labute approximate surface area is 173 Å². The van der Waals surface area contributed by atoms with Crippen LogP contribution in [0.15, 0.2) is 30.3 Å². The first-order chi connectivity index (χ1) is 14.2. The average molecular weight is 398 g/mol. The molecule has 29 heavy (non-hydrogen) atoms. The van der Waals surface area contributed by atoms with Gasteiger partial charge in [-0.1, -0.05) is 25.0 Å². The predicted molar refractivity (Wildman–Crippen MR) is 116 cm³/mol. The minimum absolute atomic E-state index is 0.190. The van der Waals surface area contributed by atoms with Crippen molar-refractivity contribution in [3.05, 3.63) is 47.4 Å². The molecule has 0 radical (unpaired) electrons. The van der Waals surface area contributed by atoms with Gasteiger partial charge in [0, 0.05) is 45.0 Å². The van der Waals surface area contributed by atoms with Crippen molar-refractivity contribution >= 4 is 5.82 Å². The molecule has 2 heterocycles. The van der Waals surface area contributed by atoms with E-state index in [1.165, 1.54) is 42.5 Å². The van der Waals surface area contributed by atoms with Crippen LogP contribution in [-0.4, -0.2) is 54.3 Å². The van der Waals surface area contributed by atoms with Crippen molar-refractivity contribution in [3.8, 4) is 11.1 Å². The number of aliphatic hydroxyl groups excluding tert-OH is 1. The number of pyridine rings is 1. The van der Waals surface area contributed by atoms with E-state index < -0.39 is 0 Å². The summed E-state index contributed by atoms with van der Waals surface area (Å²) in [5, 5.41) is 9.07. The van der Waals surface area contributed by atoms with Crippen LogP contribution in [0, 0.1) is 5.82 Å². The molecule has 156 valence electrons. The van der Waals surface area contributed by atoms with Crippen molar-refractivity contribution in [1.29, 1.82) is 0 Å². The molecule has 0 saturated carbocycles. The molecule has 1 aromatic heterocycles. The Balaban J connectivity index is 1.63. The second kappa shape index (κ2) is 9.68. The third-order valence-electron chi connectivity index (χ3n) is 6.27. The van der Waals surface area contributed by atoms with Gasteiger partial charge in [-0.3, -0.25) is 4.90 Å². The number of halogens is 1. The van der Waals surface area contributed by atoms with Crippen molar-refractivity contribution in [2.75, 3.05) is 44.2 Å². The van der Waals surface area contributed by atoms with E-state index in [0.717, 1.165) is 63.4 Å². The predicted octanol–water partition coefficient (Wildman–Crippen LogP) is 4.05. The Hall–Kier alpha value is -1.98. The molecular formula is C24H32FN3O. The van der Waals surface area contributed by atoms with Crippen LogP contribution in [0.1, 0.15) is 43.4 Å². The van der Waals surface area contributed by atoms with Crippen molar-refractivity contribution < 1.29 is 9.50 Å². The number of nitrogens with zero attached hydrogens (tertiary/aromatic N) is 3. The number of rotatable bonds is 5. The van der Waals surface area contributed by atoms with E-state index in [1.807, 2.05) is 12.1 Å². The molecule has 1 N–H and O–H groups in total. The fraction of sp³-hybridized carbons (Fsp3) is 0.542. The molecule has 5 heteroatoms. The van der Waals surface area contributed by atoms with Crippen molar-refractivity contribution in [3.63, 3.8) is 0 Å². The van der Waals surface area contributed by atoms with E-state index in [-0.39, 0.29) is 12.4 Å². The minimum atomic E-state index is -0.190. The standard InChI is InChI=1S/C24H32FN3O/c25-20-10-8-19(9-11-20)22-18-24(26-23-7-4-2-1-3-6-21(22)23)28-15-13-27(14-16-28)12-5-17-29/h8-11,18,29H,1-7,12-17H2. The molecule has 1 aliphatic carbocycles. The fourth-order valence-corrected chi connectivity index (χ4v) is 4.59. The van der Waals surface area contributed by atoms with E-state index in [4.69, 9.17) is 10.1 Å². The lowest BCUT2D eigenvalue weighted by molar-refractivity contribution is 0.215. The molecule has 0 spiro atoms. The zero-order valence-corrected chi connectivity index (χ0v) is 17.2. The topological polar surface area (TPSA) is 39.6 Å². The van der Waals surface area contributed by atoms with Gasteiger partial charge in [0.1, 0.15) is 11.6 Å². The molecule has 1 aromatic carbocycles. The molecule has 0 amide bonds. The third kappa shape index (κ3) is 4.96. The fourth-order valence-electron chi connectivity index (χ4n) is 4.59. The number of anilines is 1. The summed E-state index contributed by atoms with van der Waals surface area (Å²) in [6.45, 7) is 5.14. The van der Waals surface area contributed by atoms with Gasteiger partial charge in [0.15, 0.2) is 0 Å². The Morgan fingerprint density at radius 2 is 1.66 bits per heavy atom. The summed E-state index contributed by atoms with van der Waals surface area (Å²) < 4.78 is 13.5. The smallest absolute Gasteiger partial charge is 0.129 e. The highest BCUT2D eigenvalue weighted by Gasteiger charge is 2.22. The molecule has 0 atom stereocenters. The summed E-state index contributed by atoms with van der Waals surface area (Å²) in [4.78, 5) is 9.93. The monoisotopic (exact) mass is 397 g/mol. The van der Waals surface area contributed by atoms with Crippen LogP contribution >= 0.6 is 0 Å². The van der Waals surface area contributed by atoms with Gasteiger partial charge in [0.2, 0.25) is 0 Å². The molecule has 0 bridgehead atoms. The molecular weight excluding hydrogens is 365 g/mol. The normalized spacial score (nSPS) is 18.2. The summed E-state index contributed by atoms with van der Waals surface area (Å²) in [5.41, 5.74) is 4.92. The largest absolute Gasteiger partial charge is 0.396 e. The van der Waals surface area contributed by atoms with Crippen molar-refractivity contribution in [1.82, 2.24) is 9.88 Å². The van der Waals surface area contributed by atoms with Crippen molar-refractivity contribution in [2.45, 2.75) is 44.9 Å². The summed E-state index contributed by atoms with van der Waals surface area (Å²) in [7, 11) is 0. The van der Waals surface area contributed by atoms with Gasteiger partial charge in [-0.15, -0.1) is 0 Å². The molecule has 2 aliphatic rings. The van der Waals surface area contributed by atoms with E-state index >= 15 is 0 Å². The van der Waals surface area contributed by atoms with Gasteiger partial charge in [0.25, 0.3) is 0 Å². The van der Waals surface area contributed by atoms with E-state index in [2.05, 4.69) is 15.9 Å². The van der Waals surface area contributed by atoms with Crippen LogP contribution in [0.4, 0.5) is 10.2 Å². The van der Waals surface area contributed by atoms with E-state index in [0.29, 0.717) is 0 Å². The molecule has 4 nitrogen and oxygen atoms in total. The van der Waals surface area contributed by atoms with E-state index in [1.54, 1.807) is 12.1 Å². The Bertz CT molecular complexity index is 801. The Kier molecular flexibility index (Phi) is 6.78. The molecule has 1 fully saturated rings. The number of aryl methyl sites for hydroxylation is 1. The van der Waals surface area contributed by atoms with Gasteiger partial charge in [-0.2, -0.15) is 0 Å². The Morgan fingerprint density at radius 3 is 2.38 bits per heavy atom. The summed E-state index contributed by atoms with van der Waals surface area (Å²) in [6.07, 6.45) is 7.89.